The number of hydrogen-bond acceptors (Lipinski definition) is 3. The van der Waals surface area contributed by atoms with E-state index in [1.165, 1.54) is 0 Å². The number of nitrogens with one attached hydrogen (secondary N) is 1. The van der Waals surface area contributed by atoms with E-state index in [1.807, 2.05) is 64.1 Å². The molecule has 22 heavy (non-hydrogen) atoms. The van der Waals surface area contributed by atoms with Gasteiger partial charge in [-0.1, -0.05) is 24.3 Å². The zero-order valence-electron chi connectivity index (χ0n) is 13.5. The van der Waals surface area contributed by atoms with Gasteiger partial charge in [0.1, 0.15) is 6.10 Å². The highest BCUT2D eigenvalue weighted by atomic mass is 16.6. The average Bonchev–Trinajstić information content (AvgIpc) is 2.46. The first-order chi connectivity index (χ1) is 10.3. The molecular weight excluding hydrogens is 276 g/mol. The number of aromatic nitrogens is 1. The van der Waals surface area contributed by atoms with E-state index in [0.29, 0.717) is 0 Å². The second-order valence-corrected chi connectivity index (χ2v) is 6.28. The van der Waals surface area contributed by atoms with Gasteiger partial charge < -0.3 is 10.1 Å². The molecule has 1 aromatic heterocycles. The van der Waals surface area contributed by atoms with Crippen molar-refractivity contribution in [3.8, 4) is 11.1 Å². The van der Waals surface area contributed by atoms with Crippen LogP contribution in [0.15, 0.2) is 48.8 Å². The Labute approximate surface area is 131 Å². The van der Waals surface area contributed by atoms with Gasteiger partial charge in [0.05, 0.1) is 0 Å². The van der Waals surface area contributed by atoms with Crippen molar-refractivity contribution in [3.05, 3.63) is 54.4 Å². The van der Waals surface area contributed by atoms with Crippen LogP contribution in [-0.2, 0) is 4.74 Å². The highest BCUT2D eigenvalue weighted by Crippen LogP contribution is 2.23. The second-order valence-electron chi connectivity index (χ2n) is 6.28. The van der Waals surface area contributed by atoms with Crippen LogP contribution in [0.2, 0.25) is 0 Å². The molecule has 0 saturated carbocycles. The predicted octanol–water partition coefficient (Wildman–Crippen LogP) is 4.33. The molecule has 4 heteroatoms. The molecule has 1 heterocycles. The molecule has 0 bridgehead atoms. The summed E-state index contributed by atoms with van der Waals surface area (Å²) >= 11 is 0. The smallest absolute Gasteiger partial charge is 0.408 e. The molecule has 4 nitrogen and oxygen atoms in total. The lowest BCUT2D eigenvalue weighted by Crippen LogP contribution is -2.41. The zero-order valence-corrected chi connectivity index (χ0v) is 13.5. The van der Waals surface area contributed by atoms with E-state index in [4.69, 9.17) is 4.74 Å². The van der Waals surface area contributed by atoms with Gasteiger partial charge in [0.2, 0.25) is 0 Å². The number of alkyl carbamates (subject to hydrolysis) is 1. The van der Waals surface area contributed by atoms with E-state index in [1.54, 1.807) is 12.4 Å². The lowest BCUT2D eigenvalue weighted by Gasteiger charge is -2.22. The first kappa shape index (κ1) is 16.0. The van der Waals surface area contributed by atoms with Gasteiger partial charge in [0.25, 0.3) is 0 Å². The summed E-state index contributed by atoms with van der Waals surface area (Å²) in [6.45, 7) is 7.62. The van der Waals surface area contributed by atoms with Gasteiger partial charge in [-0.05, 0) is 56.5 Å². The maximum Gasteiger partial charge on any atom is 0.408 e. The van der Waals surface area contributed by atoms with Crippen LogP contribution in [0.5, 0.6) is 0 Å². The number of hydrogen-bond donors (Lipinski definition) is 1. The third-order valence-electron chi connectivity index (χ3n) is 3.15. The number of carbonyl (C=O) groups is 1. The largest absolute Gasteiger partial charge is 0.442 e. The number of benzene rings is 1. The molecule has 1 atom stereocenters. The van der Waals surface area contributed by atoms with Crippen LogP contribution in [0, 0.1) is 0 Å². The normalized spacial score (nSPS) is 12.5. The molecule has 1 amide bonds. The maximum atomic E-state index is 11.8. The van der Waals surface area contributed by atoms with Crippen molar-refractivity contribution in [2.45, 2.75) is 39.3 Å². The van der Waals surface area contributed by atoms with E-state index >= 15 is 0 Å². The third-order valence-corrected chi connectivity index (χ3v) is 3.15. The van der Waals surface area contributed by atoms with Gasteiger partial charge in [-0.25, -0.2) is 4.79 Å². The summed E-state index contributed by atoms with van der Waals surface area (Å²) in [7, 11) is 0. The van der Waals surface area contributed by atoms with Crippen molar-refractivity contribution in [3.63, 3.8) is 0 Å². The summed E-state index contributed by atoms with van der Waals surface area (Å²) < 4.78 is 5.40. The Balaban J connectivity index is 2.02. The van der Waals surface area contributed by atoms with Crippen LogP contribution in [0.1, 0.15) is 39.4 Å². The minimum Gasteiger partial charge on any atom is -0.442 e. The van der Waals surface area contributed by atoms with E-state index in [-0.39, 0.29) is 11.6 Å². The number of pyridine rings is 1. The van der Waals surface area contributed by atoms with Gasteiger partial charge in [0.15, 0.2) is 0 Å². The Morgan fingerprint density at radius 1 is 1.05 bits per heavy atom. The molecule has 2 rings (SSSR count). The number of carbonyl (C=O) groups excluding carboxylic acids is 1. The number of nitrogens with zero attached hydrogens (tertiary/aromatic N) is 1. The molecule has 0 aliphatic heterocycles. The zero-order chi connectivity index (χ0) is 16.2. The monoisotopic (exact) mass is 298 g/mol. The van der Waals surface area contributed by atoms with E-state index < -0.39 is 6.09 Å². The highest BCUT2D eigenvalue weighted by molar-refractivity contribution is 5.68. The fraction of sp³-hybridized carbons (Fsp3) is 0.333. The van der Waals surface area contributed by atoms with Crippen LogP contribution < -0.4 is 5.32 Å². The van der Waals surface area contributed by atoms with Crippen molar-refractivity contribution < 1.29 is 9.53 Å². The summed E-state index contributed by atoms with van der Waals surface area (Å²) in [4.78, 5) is 15.8. The minimum absolute atomic E-state index is 0.297. The highest BCUT2D eigenvalue weighted by Gasteiger charge is 2.17. The molecule has 0 fully saturated rings. The van der Waals surface area contributed by atoms with Crippen molar-refractivity contribution in [1.82, 2.24) is 10.3 Å². The Hall–Kier alpha value is -2.36. The van der Waals surface area contributed by atoms with Crippen LogP contribution in [0.25, 0.3) is 11.1 Å². The fourth-order valence-corrected chi connectivity index (χ4v) is 2.06. The fourth-order valence-electron chi connectivity index (χ4n) is 2.06. The summed E-state index contributed by atoms with van der Waals surface area (Å²) in [6.07, 6.45) is 2.84. The molecule has 0 radical (unpaired) electrons. The molecule has 0 aliphatic rings. The lowest BCUT2D eigenvalue weighted by molar-refractivity contribution is 0.100. The van der Waals surface area contributed by atoms with Gasteiger partial charge in [-0.3, -0.25) is 4.98 Å². The number of rotatable bonds is 3. The SMILES string of the molecule is CC(OC(=O)NC(C)(C)C)c1ccc(-c2ccncc2)cc1. The Morgan fingerprint density at radius 3 is 2.14 bits per heavy atom. The molecule has 2 aromatic rings. The molecule has 116 valence electrons. The molecule has 0 aliphatic carbocycles. The summed E-state index contributed by atoms with van der Waals surface area (Å²) in [6, 6.07) is 11.9. The maximum absolute atomic E-state index is 11.8. The van der Waals surface area contributed by atoms with Crippen molar-refractivity contribution in [2.24, 2.45) is 0 Å². The summed E-state index contributed by atoms with van der Waals surface area (Å²) in [5.74, 6) is 0. The Bertz CT molecular complexity index is 616. The number of amides is 1. The molecule has 1 unspecified atom stereocenters. The van der Waals surface area contributed by atoms with Gasteiger partial charge >= 0.3 is 6.09 Å². The average molecular weight is 298 g/mol. The summed E-state index contributed by atoms with van der Waals surface area (Å²) in [5.41, 5.74) is 2.88. The van der Waals surface area contributed by atoms with E-state index in [9.17, 15) is 4.79 Å². The van der Waals surface area contributed by atoms with Gasteiger partial charge in [-0.15, -0.1) is 0 Å². The van der Waals surface area contributed by atoms with Gasteiger partial charge in [-0.2, -0.15) is 0 Å². The van der Waals surface area contributed by atoms with Gasteiger partial charge in [0, 0.05) is 17.9 Å². The number of ether oxygens (including phenoxy) is 1. The van der Waals surface area contributed by atoms with Crippen molar-refractivity contribution in [1.29, 1.82) is 0 Å². The molecule has 1 N–H and O–H groups in total. The van der Waals surface area contributed by atoms with Crippen LogP contribution in [0.4, 0.5) is 4.79 Å². The van der Waals surface area contributed by atoms with Crippen molar-refractivity contribution >= 4 is 6.09 Å². The quantitative estimate of drug-likeness (QED) is 0.917. The van der Waals surface area contributed by atoms with Crippen molar-refractivity contribution in [2.75, 3.05) is 0 Å². The van der Waals surface area contributed by atoms with E-state index in [0.717, 1.165) is 16.7 Å². The standard InChI is InChI=1S/C18H22N2O2/c1-13(22-17(21)20-18(2,3)4)14-5-7-15(8-6-14)16-9-11-19-12-10-16/h5-13H,1-4H3,(H,20,21). The lowest BCUT2D eigenvalue weighted by atomic mass is 10.0. The van der Waals surface area contributed by atoms with E-state index in [2.05, 4.69) is 10.3 Å². The first-order valence-corrected chi connectivity index (χ1v) is 7.34. The van der Waals surface area contributed by atoms with Crippen LogP contribution in [0.3, 0.4) is 0 Å². The molecule has 1 aromatic carbocycles. The molecule has 0 spiro atoms. The Morgan fingerprint density at radius 2 is 1.59 bits per heavy atom. The Kier molecular flexibility index (Phi) is 4.81. The molecular formula is C18H22N2O2. The predicted molar refractivity (Wildman–Crippen MR) is 87.5 cm³/mol. The second kappa shape index (κ2) is 6.60. The van der Waals surface area contributed by atoms with Crippen LogP contribution in [-0.4, -0.2) is 16.6 Å². The first-order valence-electron chi connectivity index (χ1n) is 7.34. The third kappa shape index (κ3) is 4.58. The molecule has 0 saturated heterocycles. The summed E-state index contributed by atoms with van der Waals surface area (Å²) in [5, 5.41) is 2.79. The van der Waals surface area contributed by atoms with Crippen LogP contribution >= 0.6 is 0 Å². The minimum atomic E-state index is -0.404. The topological polar surface area (TPSA) is 51.2 Å².